The predicted octanol–water partition coefficient (Wildman–Crippen LogP) is 2.01. The molecule has 0 aliphatic heterocycles. The van der Waals surface area contributed by atoms with Gasteiger partial charge in [-0.2, -0.15) is 0 Å². The summed E-state index contributed by atoms with van der Waals surface area (Å²) in [6.45, 7) is 4.96. The van der Waals surface area contributed by atoms with Gasteiger partial charge in [0.15, 0.2) is 6.61 Å². The van der Waals surface area contributed by atoms with Crippen molar-refractivity contribution in [3.63, 3.8) is 0 Å². The molecule has 0 atom stereocenters. The van der Waals surface area contributed by atoms with Crippen LogP contribution in [0.3, 0.4) is 0 Å². The standard InChI is InChI=1S/C19H23N3O3/c1-14-6-7-17(11-15(14)2)25-13-18(23)21-9-4-10-22-19(24)16-5-3-8-20-12-16/h3,5-8,11-12H,4,9-10,13H2,1-2H3,(H,21,23)(H,22,24). The van der Waals surface area contributed by atoms with Crippen molar-refractivity contribution in [2.75, 3.05) is 19.7 Å². The molecule has 0 bridgehead atoms. The molecule has 0 spiro atoms. The Morgan fingerprint density at radius 2 is 1.88 bits per heavy atom. The first-order valence-electron chi connectivity index (χ1n) is 8.21. The lowest BCUT2D eigenvalue weighted by molar-refractivity contribution is -0.123. The molecule has 0 fully saturated rings. The van der Waals surface area contributed by atoms with Crippen LogP contribution in [0.15, 0.2) is 42.7 Å². The van der Waals surface area contributed by atoms with E-state index in [1.165, 1.54) is 11.8 Å². The monoisotopic (exact) mass is 341 g/mol. The van der Waals surface area contributed by atoms with Crippen molar-refractivity contribution >= 4 is 11.8 Å². The summed E-state index contributed by atoms with van der Waals surface area (Å²) in [7, 11) is 0. The molecule has 2 rings (SSSR count). The van der Waals surface area contributed by atoms with Gasteiger partial charge in [0.2, 0.25) is 0 Å². The number of carbonyl (C=O) groups is 2. The fourth-order valence-corrected chi connectivity index (χ4v) is 2.12. The average Bonchev–Trinajstić information content (AvgIpc) is 2.63. The van der Waals surface area contributed by atoms with E-state index in [9.17, 15) is 9.59 Å². The molecule has 2 amide bonds. The molecule has 0 radical (unpaired) electrons. The molecular formula is C19H23N3O3. The maximum absolute atomic E-state index is 11.8. The van der Waals surface area contributed by atoms with Gasteiger partial charge in [0.1, 0.15) is 5.75 Å². The summed E-state index contributed by atoms with van der Waals surface area (Å²) in [4.78, 5) is 27.4. The van der Waals surface area contributed by atoms with Gasteiger partial charge in [0.25, 0.3) is 11.8 Å². The average molecular weight is 341 g/mol. The molecule has 132 valence electrons. The van der Waals surface area contributed by atoms with Gasteiger partial charge in [0.05, 0.1) is 5.56 Å². The van der Waals surface area contributed by atoms with Crippen LogP contribution in [0.5, 0.6) is 5.75 Å². The number of amides is 2. The highest BCUT2D eigenvalue weighted by atomic mass is 16.5. The first kappa shape index (κ1) is 18.4. The normalized spacial score (nSPS) is 10.2. The third kappa shape index (κ3) is 6.25. The number of ether oxygens (including phenoxy) is 1. The van der Waals surface area contributed by atoms with Crippen LogP contribution in [0.25, 0.3) is 0 Å². The highest BCUT2D eigenvalue weighted by molar-refractivity contribution is 5.93. The first-order valence-corrected chi connectivity index (χ1v) is 8.21. The minimum atomic E-state index is -0.184. The summed E-state index contributed by atoms with van der Waals surface area (Å²) < 4.78 is 5.47. The number of pyridine rings is 1. The maximum Gasteiger partial charge on any atom is 0.257 e. The van der Waals surface area contributed by atoms with Crippen LogP contribution in [0.4, 0.5) is 0 Å². The van der Waals surface area contributed by atoms with Crippen LogP contribution >= 0.6 is 0 Å². The van der Waals surface area contributed by atoms with Gasteiger partial charge < -0.3 is 15.4 Å². The van der Waals surface area contributed by atoms with Crippen LogP contribution in [0, 0.1) is 13.8 Å². The number of aryl methyl sites for hydroxylation is 2. The third-order valence-corrected chi connectivity index (χ3v) is 3.73. The minimum Gasteiger partial charge on any atom is -0.484 e. The van der Waals surface area contributed by atoms with Crippen molar-refractivity contribution in [1.82, 2.24) is 15.6 Å². The van der Waals surface area contributed by atoms with E-state index in [4.69, 9.17) is 4.74 Å². The van der Waals surface area contributed by atoms with Crippen molar-refractivity contribution in [3.05, 3.63) is 59.4 Å². The molecule has 1 aromatic heterocycles. The first-order chi connectivity index (χ1) is 12.1. The quantitative estimate of drug-likeness (QED) is 0.720. The lowest BCUT2D eigenvalue weighted by atomic mass is 10.1. The molecule has 0 saturated carbocycles. The second-order valence-corrected chi connectivity index (χ2v) is 5.74. The van der Waals surface area contributed by atoms with Crippen LogP contribution in [-0.2, 0) is 4.79 Å². The number of benzene rings is 1. The number of rotatable bonds is 8. The Hall–Kier alpha value is -2.89. The summed E-state index contributed by atoms with van der Waals surface area (Å²) in [5, 5.41) is 5.55. The molecule has 25 heavy (non-hydrogen) atoms. The van der Waals surface area contributed by atoms with Crippen molar-refractivity contribution in [2.45, 2.75) is 20.3 Å². The highest BCUT2D eigenvalue weighted by Crippen LogP contribution is 2.16. The SMILES string of the molecule is Cc1ccc(OCC(=O)NCCCNC(=O)c2cccnc2)cc1C. The number of aromatic nitrogens is 1. The van der Waals surface area contributed by atoms with Gasteiger partial charge in [-0.1, -0.05) is 6.07 Å². The van der Waals surface area contributed by atoms with Crippen LogP contribution < -0.4 is 15.4 Å². The molecule has 2 N–H and O–H groups in total. The van der Waals surface area contributed by atoms with E-state index in [0.717, 1.165) is 5.56 Å². The summed E-state index contributed by atoms with van der Waals surface area (Å²) in [6, 6.07) is 9.15. The van der Waals surface area contributed by atoms with Crippen molar-refractivity contribution in [1.29, 1.82) is 0 Å². The Labute approximate surface area is 147 Å². The zero-order valence-electron chi connectivity index (χ0n) is 14.5. The smallest absolute Gasteiger partial charge is 0.257 e. The van der Waals surface area contributed by atoms with Gasteiger partial charge in [-0.15, -0.1) is 0 Å². The Morgan fingerprint density at radius 1 is 1.08 bits per heavy atom. The fraction of sp³-hybridized carbons (Fsp3) is 0.316. The number of nitrogens with zero attached hydrogens (tertiary/aromatic N) is 1. The molecule has 1 aromatic carbocycles. The Kier molecular flexibility index (Phi) is 6.95. The largest absolute Gasteiger partial charge is 0.484 e. The maximum atomic E-state index is 11.8. The fourth-order valence-electron chi connectivity index (χ4n) is 2.12. The molecule has 0 aliphatic carbocycles. The molecule has 0 aliphatic rings. The lowest BCUT2D eigenvalue weighted by Crippen LogP contribution is -2.32. The highest BCUT2D eigenvalue weighted by Gasteiger charge is 2.05. The van der Waals surface area contributed by atoms with Gasteiger partial charge in [-0.05, 0) is 55.7 Å². The second-order valence-electron chi connectivity index (χ2n) is 5.74. The lowest BCUT2D eigenvalue weighted by Gasteiger charge is -2.09. The minimum absolute atomic E-state index is 0.0233. The summed E-state index contributed by atoms with van der Waals surface area (Å²) >= 11 is 0. The zero-order valence-corrected chi connectivity index (χ0v) is 14.5. The van der Waals surface area contributed by atoms with Gasteiger partial charge in [0, 0.05) is 25.5 Å². The summed E-state index contributed by atoms with van der Waals surface area (Å²) in [5.74, 6) is 0.330. The van der Waals surface area contributed by atoms with Crippen molar-refractivity contribution < 1.29 is 14.3 Å². The van der Waals surface area contributed by atoms with E-state index in [1.807, 2.05) is 32.0 Å². The van der Waals surface area contributed by atoms with Crippen LogP contribution in [0.1, 0.15) is 27.9 Å². The van der Waals surface area contributed by atoms with Crippen molar-refractivity contribution in [3.8, 4) is 5.75 Å². The Morgan fingerprint density at radius 3 is 2.60 bits per heavy atom. The molecule has 2 aromatic rings. The van der Waals surface area contributed by atoms with Gasteiger partial charge >= 0.3 is 0 Å². The molecule has 6 heteroatoms. The van der Waals surface area contributed by atoms with Crippen molar-refractivity contribution in [2.24, 2.45) is 0 Å². The zero-order chi connectivity index (χ0) is 18.1. The Bertz CT molecular complexity index is 717. The van der Waals surface area contributed by atoms with E-state index in [2.05, 4.69) is 15.6 Å². The van der Waals surface area contributed by atoms with E-state index in [0.29, 0.717) is 30.8 Å². The number of carbonyl (C=O) groups excluding carboxylic acids is 2. The van der Waals surface area contributed by atoms with E-state index < -0.39 is 0 Å². The number of hydrogen-bond acceptors (Lipinski definition) is 4. The molecule has 0 unspecified atom stereocenters. The van der Waals surface area contributed by atoms with Crippen LogP contribution in [-0.4, -0.2) is 36.5 Å². The van der Waals surface area contributed by atoms with E-state index in [-0.39, 0.29) is 18.4 Å². The summed E-state index contributed by atoms with van der Waals surface area (Å²) in [5.41, 5.74) is 2.83. The molecular weight excluding hydrogens is 318 g/mol. The van der Waals surface area contributed by atoms with E-state index in [1.54, 1.807) is 18.3 Å². The third-order valence-electron chi connectivity index (χ3n) is 3.73. The summed E-state index contributed by atoms with van der Waals surface area (Å²) in [6.07, 6.45) is 3.77. The predicted molar refractivity (Wildman–Crippen MR) is 95.6 cm³/mol. The number of hydrogen-bond donors (Lipinski definition) is 2. The van der Waals surface area contributed by atoms with Gasteiger partial charge in [-0.25, -0.2) is 0 Å². The second kappa shape index (κ2) is 9.42. The Balaban J connectivity index is 1.59. The molecule has 0 saturated heterocycles. The molecule has 1 heterocycles. The van der Waals surface area contributed by atoms with E-state index >= 15 is 0 Å². The van der Waals surface area contributed by atoms with Gasteiger partial charge in [-0.3, -0.25) is 14.6 Å². The topological polar surface area (TPSA) is 80.3 Å². The molecule has 6 nitrogen and oxygen atoms in total. The van der Waals surface area contributed by atoms with Crippen LogP contribution in [0.2, 0.25) is 0 Å². The number of nitrogens with one attached hydrogen (secondary N) is 2.